The highest BCUT2D eigenvalue weighted by molar-refractivity contribution is 5.83. The van der Waals surface area contributed by atoms with Crippen molar-refractivity contribution in [2.45, 2.75) is 6.54 Å². The third kappa shape index (κ3) is 2.18. The Morgan fingerprint density at radius 1 is 1.05 bits per heavy atom. The van der Waals surface area contributed by atoms with E-state index in [0.29, 0.717) is 23.3 Å². The maximum atomic E-state index is 14.0. The van der Waals surface area contributed by atoms with Crippen LogP contribution >= 0.6 is 0 Å². The predicted octanol–water partition coefficient (Wildman–Crippen LogP) is 4.10. The lowest BCUT2D eigenvalue weighted by Gasteiger charge is -2.04. The summed E-state index contributed by atoms with van der Waals surface area (Å²) in [5.74, 6) is -0.495. The lowest BCUT2D eigenvalue weighted by Crippen LogP contribution is -2.05. The average Bonchev–Trinajstić information content (AvgIpc) is 2.86. The van der Waals surface area contributed by atoms with Crippen molar-refractivity contribution in [2.75, 3.05) is 7.05 Å². The fourth-order valence-electron chi connectivity index (χ4n) is 2.24. The zero-order valence-electron chi connectivity index (χ0n) is 10.9. The van der Waals surface area contributed by atoms with Crippen LogP contribution in [0.25, 0.3) is 22.3 Å². The average molecular weight is 273 g/mol. The monoisotopic (exact) mass is 273 g/mol. The van der Waals surface area contributed by atoms with E-state index in [9.17, 15) is 8.78 Å². The fourth-order valence-corrected chi connectivity index (χ4v) is 2.24. The number of rotatable bonds is 3. The van der Waals surface area contributed by atoms with Crippen LogP contribution in [-0.4, -0.2) is 7.05 Å². The third-order valence-corrected chi connectivity index (χ3v) is 3.17. The van der Waals surface area contributed by atoms with Gasteiger partial charge in [-0.15, -0.1) is 0 Å². The van der Waals surface area contributed by atoms with Crippen LogP contribution in [0.2, 0.25) is 0 Å². The van der Waals surface area contributed by atoms with Gasteiger partial charge in [0.15, 0.2) is 11.4 Å². The Balaban J connectivity index is 2.14. The number of nitrogens with one attached hydrogen (secondary N) is 1. The largest absolute Gasteiger partial charge is 0.453 e. The van der Waals surface area contributed by atoms with Gasteiger partial charge >= 0.3 is 0 Å². The van der Waals surface area contributed by atoms with Crippen molar-refractivity contribution in [1.82, 2.24) is 5.32 Å². The SMILES string of the molecule is CNCc1ccc(F)c(-c2cc3cccc(F)c3o2)c1. The lowest BCUT2D eigenvalue weighted by atomic mass is 10.1. The first-order chi connectivity index (χ1) is 9.69. The van der Waals surface area contributed by atoms with E-state index < -0.39 is 5.82 Å². The van der Waals surface area contributed by atoms with Crippen molar-refractivity contribution in [1.29, 1.82) is 0 Å². The molecule has 2 nitrogen and oxygen atoms in total. The van der Waals surface area contributed by atoms with Crippen molar-refractivity contribution in [3.63, 3.8) is 0 Å². The number of hydrogen-bond acceptors (Lipinski definition) is 2. The number of hydrogen-bond donors (Lipinski definition) is 1. The summed E-state index contributed by atoms with van der Waals surface area (Å²) < 4.78 is 33.0. The van der Waals surface area contributed by atoms with Crippen LogP contribution in [-0.2, 0) is 6.54 Å². The van der Waals surface area contributed by atoms with E-state index in [2.05, 4.69) is 5.32 Å². The second-order valence-electron chi connectivity index (χ2n) is 4.61. The zero-order valence-corrected chi connectivity index (χ0v) is 10.9. The summed E-state index contributed by atoms with van der Waals surface area (Å²) in [4.78, 5) is 0. The number of fused-ring (bicyclic) bond motifs is 1. The lowest BCUT2D eigenvalue weighted by molar-refractivity contribution is 0.562. The molecule has 3 aromatic rings. The molecule has 1 heterocycles. The minimum Gasteiger partial charge on any atom is -0.453 e. The molecule has 20 heavy (non-hydrogen) atoms. The van der Waals surface area contributed by atoms with Crippen molar-refractivity contribution < 1.29 is 13.2 Å². The molecule has 0 unspecified atom stereocenters. The maximum absolute atomic E-state index is 14.0. The first-order valence-corrected chi connectivity index (χ1v) is 6.30. The molecule has 2 aromatic carbocycles. The molecule has 0 aliphatic rings. The molecule has 4 heteroatoms. The maximum Gasteiger partial charge on any atom is 0.170 e. The number of benzene rings is 2. The topological polar surface area (TPSA) is 25.2 Å². The van der Waals surface area contributed by atoms with Gasteiger partial charge in [0.2, 0.25) is 0 Å². The molecule has 0 radical (unpaired) electrons. The summed E-state index contributed by atoms with van der Waals surface area (Å²) in [5.41, 5.74) is 1.43. The molecule has 3 rings (SSSR count). The van der Waals surface area contributed by atoms with Crippen LogP contribution in [0.4, 0.5) is 8.78 Å². The van der Waals surface area contributed by atoms with Gasteiger partial charge in [0.25, 0.3) is 0 Å². The zero-order chi connectivity index (χ0) is 14.1. The van der Waals surface area contributed by atoms with Gasteiger partial charge < -0.3 is 9.73 Å². The summed E-state index contributed by atoms with van der Waals surface area (Å²) in [6.45, 7) is 0.627. The van der Waals surface area contributed by atoms with Gasteiger partial charge in [0.1, 0.15) is 11.6 Å². The van der Waals surface area contributed by atoms with Gasteiger partial charge in [-0.25, -0.2) is 8.78 Å². The summed E-state index contributed by atoms with van der Waals surface area (Å²) in [6, 6.07) is 11.1. The molecule has 0 amide bonds. The highest BCUT2D eigenvalue weighted by Crippen LogP contribution is 2.31. The Hall–Kier alpha value is -2.20. The first kappa shape index (κ1) is 12.8. The Morgan fingerprint density at radius 2 is 1.90 bits per heavy atom. The van der Waals surface area contributed by atoms with E-state index >= 15 is 0 Å². The molecule has 0 aliphatic carbocycles. The molecule has 0 atom stereocenters. The van der Waals surface area contributed by atoms with Gasteiger partial charge in [-0.2, -0.15) is 0 Å². The van der Waals surface area contributed by atoms with Gasteiger partial charge in [-0.3, -0.25) is 0 Å². The van der Waals surface area contributed by atoms with Crippen molar-refractivity contribution in [2.24, 2.45) is 0 Å². The summed E-state index contributed by atoms with van der Waals surface area (Å²) in [6.07, 6.45) is 0. The molecule has 0 saturated heterocycles. The minimum absolute atomic E-state index is 0.154. The normalized spacial score (nSPS) is 11.2. The smallest absolute Gasteiger partial charge is 0.170 e. The Bertz CT molecular complexity index is 764. The Labute approximate surface area is 115 Å². The summed E-state index contributed by atoms with van der Waals surface area (Å²) in [5, 5.41) is 3.63. The number of furan rings is 1. The van der Waals surface area contributed by atoms with Gasteiger partial charge in [-0.05, 0) is 36.9 Å². The van der Waals surface area contributed by atoms with E-state index in [4.69, 9.17) is 4.42 Å². The standard InChI is InChI=1S/C16H13F2NO/c1-19-9-10-5-6-13(17)12(7-10)15-8-11-3-2-4-14(18)16(11)20-15/h2-8,19H,9H2,1H3. The van der Waals surface area contributed by atoms with Crippen LogP contribution in [0.1, 0.15) is 5.56 Å². The predicted molar refractivity (Wildman–Crippen MR) is 74.3 cm³/mol. The van der Waals surface area contributed by atoms with Crippen LogP contribution in [0.15, 0.2) is 46.9 Å². The molecule has 0 fully saturated rings. The van der Waals surface area contributed by atoms with Gasteiger partial charge in [-0.1, -0.05) is 18.2 Å². The molecular formula is C16H13F2NO. The molecular weight excluding hydrogens is 260 g/mol. The van der Waals surface area contributed by atoms with Crippen LogP contribution in [0.3, 0.4) is 0 Å². The van der Waals surface area contributed by atoms with E-state index in [1.807, 2.05) is 7.05 Å². The molecule has 102 valence electrons. The highest BCUT2D eigenvalue weighted by atomic mass is 19.1. The van der Waals surface area contributed by atoms with Crippen LogP contribution < -0.4 is 5.32 Å². The summed E-state index contributed by atoms with van der Waals surface area (Å²) >= 11 is 0. The van der Waals surface area contributed by atoms with Crippen molar-refractivity contribution >= 4 is 11.0 Å². The molecule has 0 saturated carbocycles. The number of halogens is 2. The van der Waals surface area contributed by atoms with E-state index in [-0.39, 0.29) is 11.4 Å². The molecule has 0 bridgehead atoms. The quantitative estimate of drug-likeness (QED) is 0.777. The van der Waals surface area contributed by atoms with E-state index in [0.717, 1.165) is 5.56 Å². The van der Waals surface area contributed by atoms with Gasteiger partial charge in [0, 0.05) is 11.9 Å². The van der Waals surface area contributed by atoms with E-state index in [1.54, 1.807) is 30.3 Å². The second kappa shape index (κ2) is 5.06. The summed E-state index contributed by atoms with van der Waals surface area (Å²) in [7, 11) is 1.82. The minimum atomic E-state index is -0.444. The Morgan fingerprint density at radius 3 is 2.65 bits per heavy atom. The molecule has 0 spiro atoms. The van der Waals surface area contributed by atoms with Crippen LogP contribution in [0, 0.1) is 11.6 Å². The van der Waals surface area contributed by atoms with E-state index in [1.165, 1.54) is 12.1 Å². The van der Waals surface area contributed by atoms with Crippen molar-refractivity contribution in [3.8, 4) is 11.3 Å². The van der Waals surface area contributed by atoms with Crippen LogP contribution in [0.5, 0.6) is 0 Å². The molecule has 1 N–H and O–H groups in total. The molecule has 1 aromatic heterocycles. The first-order valence-electron chi connectivity index (χ1n) is 6.30. The number of para-hydroxylation sites is 1. The fraction of sp³-hybridized carbons (Fsp3) is 0.125. The Kier molecular flexibility index (Phi) is 3.24. The third-order valence-electron chi connectivity index (χ3n) is 3.17. The second-order valence-corrected chi connectivity index (χ2v) is 4.61. The van der Waals surface area contributed by atoms with Crippen molar-refractivity contribution in [3.05, 3.63) is 59.7 Å². The molecule has 0 aliphatic heterocycles. The van der Waals surface area contributed by atoms with Gasteiger partial charge in [0.05, 0.1) is 5.56 Å². The highest BCUT2D eigenvalue weighted by Gasteiger charge is 2.13.